The predicted molar refractivity (Wildman–Crippen MR) is 71.6 cm³/mol. The van der Waals surface area contributed by atoms with Gasteiger partial charge in [-0.05, 0) is 28.8 Å². The fourth-order valence-corrected chi connectivity index (χ4v) is 3.51. The molecule has 0 atom stereocenters. The molecule has 0 saturated carbocycles. The summed E-state index contributed by atoms with van der Waals surface area (Å²) < 4.78 is 1.37. The van der Waals surface area contributed by atoms with E-state index in [4.69, 9.17) is 5.73 Å². The van der Waals surface area contributed by atoms with Gasteiger partial charge in [0.15, 0.2) is 0 Å². The third-order valence-corrected chi connectivity index (χ3v) is 4.58. The highest BCUT2D eigenvalue weighted by Crippen LogP contribution is 2.30. The lowest BCUT2D eigenvalue weighted by Gasteiger charge is -1.96. The van der Waals surface area contributed by atoms with Crippen molar-refractivity contribution in [2.75, 3.05) is 5.75 Å². The van der Waals surface area contributed by atoms with E-state index in [0.717, 1.165) is 5.75 Å². The molecule has 0 amide bonds. The van der Waals surface area contributed by atoms with Crippen molar-refractivity contribution in [2.24, 2.45) is 5.73 Å². The monoisotopic (exact) mass is 237 g/mol. The first kappa shape index (κ1) is 11.0. The standard InChI is InChI=1S/C12H15NS2/c1-2-14-8-10-6-11-9(7-13)4-3-5-12(11)15-10/h3-6H,2,7-8,13H2,1H3. The van der Waals surface area contributed by atoms with E-state index in [-0.39, 0.29) is 0 Å². The number of hydrogen-bond acceptors (Lipinski definition) is 3. The third-order valence-electron chi connectivity index (χ3n) is 2.37. The molecule has 1 aromatic heterocycles. The van der Waals surface area contributed by atoms with Crippen molar-refractivity contribution in [3.8, 4) is 0 Å². The van der Waals surface area contributed by atoms with Crippen molar-refractivity contribution in [3.63, 3.8) is 0 Å². The molecule has 0 saturated heterocycles. The summed E-state index contributed by atoms with van der Waals surface area (Å²) in [5, 5.41) is 1.34. The summed E-state index contributed by atoms with van der Waals surface area (Å²) in [7, 11) is 0. The molecule has 3 heteroatoms. The summed E-state index contributed by atoms with van der Waals surface area (Å²) in [5.41, 5.74) is 6.99. The SMILES string of the molecule is CCSCc1cc2c(CN)cccc2s1. The van der Waals surface area contributed by atoms with Gasteiger partial charge in [-0.3, -0.25) is 0 Å². The Balaban J connectivity index is 2.37. The maximum atomic E-state index is 5.72. The first-order chi connectivity index (χ1) is 7.35. The molecule has 15 heavy (non-hydrogen) atoms. The maximum absolute atomic E-state index is 5.72. The average Bonchev–Trinajstić information content (AvgIpc) is 2.68. The number of benzene rings is 1. The van der Waals surface area contributed by atoms with Crippen LogP contribution in [0.15, 0.2) is 24.3 Å². The molecule has 0 fully saturated rings. The number of hydrogen-bond donors (Lipinski definition) is 1. The van der Waals surface area contributed by atoms with Crippen LogP contribution in [0, 0.1) is 0 Å². The van der Waals surface area contributed by atoms with Gasteiger partial charge in [0, 0.05) is 21.9 Å². The van der Waals surface area contributed by atoms with Crippen molar-refractivity contribution in [1.29, 1.82) is 0 Å². The van der Waals surface area contributed by atoms with E-state index in [0.29, 0.717) is 6.54 Å². The topological polar surface area (TPSA) is 26.0 Å². The van der Waals surface area contributed by atoms with Crippen LogP contribution in [0.25, 0.3) is 10.1 Å². The summed E-state index contributed by atoms with van der Waals surface area (Å²) in [6.07, 6.45) is 0. The Bertz CT molecular complexity index is 448. The van der Waals surface area contributed by atoms with Crippen LogP contribution in [0.5, 0.6) is 0 Å². The second-order valence-electron chi connectivity index (χ2n) is 3.38. The number of thioether (sulfide) groups is 1. The van der Waals surface area contributed by atoms with Crippen LogP contribution in [0.2, 0.25) is 0 Å². The van der Waals surface area contributed by atoms with Crippen LogP contribution in [0.1, 0.15) is 17.4 Å². The van der Waals surface area contributed by atoms with Gasteiger partial charge in [-0.15, -0.1) is 11.3 Å². The van der Waals surface area contributed by atoms with Gasteiger partial charge in [0.25, 0.3) is 0 Å². The molecule has 0 aliphatic heterocycles. The number of fused-ring (bicyclic) bond motifs is 1. The van der Waals surface area contributed by atoms with Crippen LogP contribution in [-0.2, 0) is 12.3 Å². The van der Waals surface area contributed by atoms with Crippen molar-refractivity contribution < 1.29 is 0 Å². The van der Waals surface area contributed by atoms with Gasteiger partial charge in [-0.1, -0.05) is 19.1 Å². The van der Waals surface area contributed by atoms with Gasteiger partial charge < -0.3 is 5.73 Å². The largest absolute Gasteiger partial charge is 0.326 e. The van der Waals surface area contributed by atoms with E-state index in [1.54, 1.807) is 0 Å². The van der Waals surface area contributed by atoms with E-state index < -0.39 is 0 Å². The molecule has 0 aliphatic rings. The lowest BCUT2D eigenvalue weighted by Crippen LogP contribution is -1.95. The highest BCUT2D eigenvalue weighted by Gasteiger charge is 2.04. The molecule has 0 bridgehead atoms. The zero-order valence-corrected chi connectivity index (χ0v) is 10.5. The molecule has 0 spiro atoms. The second kappa shape index (κ2) is 5.01. The van der Waals surface area contributed by atoms with E-state index in [2.05, 4.69) is 31.2 Å². The molecular weight excluding hydrogens is 222 g/mol. The lowest BCUT2D eigenvalue weighted by atomic mass is 10.1. The van der Waals surface area contributed by atoms with Crippen molar-refractivity contribution >= 4 is 33.2 Å². The fourth-order valence-electron chi connectivity index (χ4n) is 1.63. The Kier molecular flexibility index (Phi) is 3.67. The minimum Gasteiger partial charge on any atom is -0.326 e. The Morgan fingerprint density at radius 1 is 1.40 bits per heavy atom. The van der Waals surface area contributed by atoms with Crippen LogP contribution < -0.4 is 5.73 Å². The summed E-state index contributed by atoms with van der Waals surface area (Å²) in [6, 6.07) is 8.69. The highest BCUT2D eigenvalue weighted by atomic mass is 32.2. The summed E-state index contributed by atoms with van der Waals surface area (Å²) in [6.45, 7) is 2.83. The Morgan fingerprint density at radius 2 is 2.27 bits per heavy atom. The Morgan fingerprint density at radius 3 is 3.00 bits per heavy atom. The first-order valence-corrected chi connectivity index (χ1v) is 7.10. The van der Waals surface area contributed by atoms with Crippen LogP contribution in [0.3, 0.4) is 0 Å². The lowest BCUT2D eigenvalue weighted by molar-refractivity contribution is 1.09. The zero-order chi connectivity index (χ0) is 10.7. The highest BCUT2D eigenvalue weighted by molar-refractivity contribution is 7.98. The molecule has 80 valence electrons. The van der Waals surface area contributed by atoms with Gasteiger partial charge in [-0.25, -0.2) is 0 Å². The molecule has 0 unspecified atom stereocenters. The average molecular weight is 237 g/mol. The predicted octanol–water partition coefficient (Wildman–Crippen LogP) is 3.61. The molecule has 1 nitrogen and oxygen atoms in total. The zero-order valence-electron chi connectivity index (χ0n) is 8.82. The molecule has 1 heterocycles. The van der Waals surface area contributed by atoms with Crippen LogP contribution in [-0.4, -0.2) is 5.75 Å². The Labute approximate surface area is 98.7 Å². The molecule has 2 aromatic rings. The summed E-state index contributed by atoms with van der Waals surface area (Å²) in [5.74, 6) is 2.30. The van der Waals surface area contributed by atoms with Crippen molar-refractivity contribution in [2.45, 2.75) is 19.2 Å². The minimum atomic E-state index is 0.633. The summed E-state index contributed by atoms with van der Waals surface area (Å²) in [4.78, 5) is 1.46. The first-order valence-electron chi connectivity index (χ1n) is 5.13. The van der Waals surface area contributed by atoms with E-state index in [1.165, 1.54) is 26.3 Å². The van der Waals surface area contributed by atoms with Gasteiger partial charge in [-0.2, -0.15) is 11.8 Å². The molecule has 0 radical (unpaired) electrons. The molecule has 2 N–H and O–H groups in total. The second-order valence-corrected chi connectivity index (χ2v) is 5.83. The number of thiophene rings is 1. The van der Waals surface area contributed by atoms with E-state index >= 15 is 0 Å². The number of rotatable bonds is 4. The summed E-state index contributed by atoms with van der Waals surface area (Å²) >= 11 is 3.86. The van der Waals surface area contributed by atoms with Gasteiger partial charge in [0.2, 0.25) is 0 Å². The van der Waals surface area contributed by atoms with Crippen LogP contribution in [0.4, 0.5) is 0 Å². The minimum absolute atomic E-state index is 0.633. The smallest absolute Gasteiger partial charge is 0.0349 e. The van der Waals surface area contributed by atoms with Crippen molar-refractivity contribution in [1.82, 2.24) is 0 Å². The van der Waals surface area contributed by atoms with Crippen LogP contribution >= 0.6 is 23.1 Å². The third kappa shape index (κ3) is 2.36. The Hall–Kier alpha value is -0.510. The van der Waals surface area contributed by atoms with E-state index in [9.17, 15) is 0 Å². The van der Waals surface area contributed by atoms with E-state index in [1.807, 2.05) is 23.1 Å². The maximum Gasteiger partial charge on any atom is 0.0349 e. The molecule has 0 aliphatic carbocycles. The fraction of sp³-hybridized carbons (Fsp3) is 0.333. The quantitative estimate of drug-likeness (QED) is 0.879. The molecular formula is C12H15NS2. The van der Waals surface area contributed by atoms with Gasteiger partial charge in [0.1, 0.15) is 0 Å². The number of nitrogens with two attached hydrogens (primary N) is 1. The molecule has 1 aromatic carbocycles. The van der Waals surface area contributed by atoms with Crippen molar-refractivity contribution in [3.05, 3.63) is 34.7 Å². The van der Waals surface area contributed by atoms with Gasteiger partial charge in [0.05, 0.1) is 0 Å². The normalized spacial score (nSPS) is 11.1. The van der Waals surface area contributed by atoms with Gasteiger partial charge >= 0.3 is 0 Å². The molecule has 2 rings (SSSR count).